The Kier molecular flexibility index (Phi) is 5.33. The molecule has 3 atom stereocenters. The molecule has 2 N–H and O–H groups in total. The number of amides is 4. The maximum Gasteiger partial charge on any atom is 0.322 e. The number of rotatable bonds is 5. The van der Waals surface area contributed by atoms with Crippen LogP contribution in [0, 0.1) is 5.92 Å². The number of likely N-dealkylation sites (tertiary alicyclic amines) is 1. The van der Waals surface area contributed by atoms with E-state index < -0.39 is 18.2 Å². The number of nitrogens with one attached hydrogen (secondary N) is 2. The van der Waals surface area contributed by atoms with Crippen molar-refractivity contribution in [3.8, 4) is 0 Å². The van der Waals surface area contributed by atoms with Crippen LogP contribution >= 0.6 is 0 Å². The summed E-state index contributed by atoms with van der Waals surface area (Å²) in [5.74, 6) is -0.488. The fraction of sp³-hybridized carbons (Fsp3) is 0.500. The molecule has 2 aliphatic heterocycles. The average Bonchev–Trinajstić information content (AvgIpc) is 2.98. The van der Waals surface area contributed by atoms with Crippen molar-refractivity contribution in [1.29, 1.82) is 0 Å². The number of carbonyl (C=O) groups excluding carboxylic acids is 3. The maximum atomic E-state index is 13.0. The van der Waals surface area contributed by atoms with E-state index in [1.807, 2.05) is 37.3 Å². The van der Waals surface area contributed by atoms with Gasteiger partial charge in [0.25, 0.3) is 11.8 Å². The van der Waals surface area contributed by atoms with Crippen LogP contribution in [0.4, 0.5) is 4.79 Å². The van der Waals surface area contributed by atoms with Gasteiger partial charge in [0.05, 0.1) is 0 Å². The fourth-order valence-electron chi connectivity index (χ4n) is 3.52. The van der Waals surface area contributed by atoms with E-state index in [0.717, 1.165) is 18.4 Å². The molecule has 3 rings (SSSR count). The molecule has 0 saturated carbocycles. The van der Waals surface area contributed by atoms with E-state index >= 15 is 0 Å². The maximum absolute atomic E-state index is 13.0. The summed E-state index contributed by atoms with van der Waals surface area (Å²) in [5.41, 5.74) is 0.823. The molecule has 2 saturated heterocycles. The van der Waals surface area contributed by atoms with Gasteiger partial charge < -0.3 is 15.0 Å². The first-order valence-corrected chi connectivity index (χ1v) is 8.67. The number of benzene rings is 1. The van der Waals surface area contributed by atoms with Crippen LogP contribution in [0.15, 0.2) is 30.3 Å². The zero-order chi connectivity index (χ0) is 17.8. The van der Waals surface area contributed by atoms with Gasteiger partial charge in [-0.15, -0.1) is 0 Å². The second kappa shape index (κ2) is 7.65. The number of ether oxygens (including phenoxy) is 1. The van der Waals surface area contributed by atoms with Crippen molar-refractivity contribution in [1.82, 2.24) is 15.5 Å². The molecule has 0 aromatic heterocycles. The summed E-state index contributed by atoms with van der Waals surface area (Å²) < 4.78 is 5.70. The van der Waals surface area contributed by atoms with Crippen molar-refractivity contribution in [2.45, 2.75) is 31.9 Å². The molecule has 0 radical (unpaired) electrons. The average molecular weight is 345 g/mol. The number of hydrogen-bond acceptors (Lipinski definition) is 4. The van der Waals surface area contributed by atoms with Crippen molar-refractivity contribution < 1.29 is 19.1 Å². The lowest BCUT2D eigenvalue weighted by Crippen LogP contribution is -2.49. The molecule has 0 spiro atoms. The molecule has 0 unspecified atom stereocenters. The van der Waals surface area contributed by atoms with Gasteiger partial charge in [-0.3, -0.25) is 14.9 Å². The number of imide groups is 1. The van der Waals surface area contributed by atoms with Crippen molar-refractivity contribution in [3.63, 3.8) is 0 Å². The number of urea groups is 1. The largest absolute Gasteiger partial charge is 0.364 e. The summed E-state index contributed by atoms with van der Waals surface area (Å²) >= 11 is 0. The Morgan fingerprint density at radius 1 is 1.32 bits per heavy atom. The quantitative estimate of drug-likeness (QED) is 0.785. The summed E-state index contributed by atoms with van der Waals surface area (Å²) in [5, 5.41) is 4.91. The lowest BCUT2D eigenvalue weighted by Gasteiger charge is -2.36. The minimum Gasteiger partial charge on any atom is -0.364 e. The Morgan fingerprint density at radius 3 is 2.72 bits per heavy atom. The zero-order valence-electron chi connectivity index (χ0n) is 14.2. The predicted molar refractivity (Wildman–Crippen MR) is 90.6 cm³/mol. The predicted octanol–water partition coefficient (Wildman–Crippen LogP) is 1.21. The van der Waals surface area contributed by atoms with Crippen LogP contribution < -0.4 is 10.6 Å². The molecule has 134 valence electrons. The lowest BCUT2D eigenvalue weighted by atomic mass is 9.90. The summed E-state index contributed by atoms with van der Waals surface area (Å²) in [6.45, 7) is 3.37. The molecule has 0 bridgehead atoms. The second-order valence-electron chi connectivity index (χ2n) is 6.37. The van der Waals surface area contributed by atoms with Crippen LogP contribution in [-0.4, -0.2) is 48.5 Å². The number of carbonyl (C=O) groups is 3. The van der Waals surface area contributed by atoms with Gasteiger partial charge in [-0.1, -0.05) is 30.3 Å². The van der Waals surface area contributed by atoms with Gasteiger partial charge >= 0.3 is 6.03 Å². The van der Waals surface area contributed by atoms with Gasteiger partial charge in [0.1, 0.15) is 6.04 Å². The van der Waals surface area contributed by atoms with E-state index in [9.17, 15) is 14.4 Å². The minimum absolute atomic E-state index is 0.0813. The van der Waals surface area contributed by atoms with Gasteiger partial charge in [-0.2, -0.15) is 0 Å². The molecule has 2 aliphatic rings. The van der Waals surface area contributed by atoms with Crippen molar-refractivity contribution in [2.24, 2.45) is 5.92 Å². The third-order valence-corrected chi connectivity index (χ3v) is 4.71. The topological polar surface area (TPSA) is 87.7 Å². The Labute approximate surface area is 146 Å². The smallest absolute Gasteiger partial charge is 0.322 e. The molecule has 25 heavy (non-hydrogen) atoms. The van der Waals surface area contributed by atoms with Crippen LogP contribution in [0.2, 0.25) is 0 Å². The molecular formula is C18H23N3O4. The molecular weight excluding hydrogens is 322 g/mol. The van der Waals surface area contributed by atoms with E-state index in [-0.39, 0.29) is 17.7 Å². The van der Waals surface area contributed by atoms with Crippen molar-refractivity contribution in [3.05, 3.63) is 35.9 Å². The molecule has 1 aromatic rings. The number of hydrogen-bond donors (Lipinski definition) is 2. The molecule has 2 heterocycles. The molecule has 7 heteroatoms. The van der Waals surface area contributed by atoms with E-state index in [4.69, 9.17) is 4.74 Å². The Bertz CT molecular complexity index is 649. The molecule has 1 aromatic carbocycles. The number of piperidine rings is 1. The highest BCUT2D eigenvalue weighted by atomic mass is 16.5. The van der Waals surface area contributed by atoms with E-state index in [0.29, 0.717) is 19.7 Å². The summed E-state index contributed by atoms with van der Waals surface area (Å²) in [7, 11) is 0. The summed E-state index contributed by atoms with van der Waals surface area (Å²) in [6, 6.07) is 8.39. The molecule has 7 nitrogen and oxygen atoms in total. The third kappa shape index (κ3) is 3.82. The minimum atomic E-state index is -0.642. The van der Waals surface area contributed by atoms with E-state index in [1.165, 1.54) is 0 Å². The highest BCUT2D eigenvalue weighted by Crippen LogP contribution is 2.26. The van der Waals surface area contributed by atoms with Gasteiger partial charge in [-0.05, 0) is 25.3 Å². The number of nitrogens with zero attached hydrogens (tertiary/aromatic N) is 1. The Balaban J connectivity index is 1.72. The molecule has 2 fully saturated rings. The lowest BCUT2D eigenvalue weighted by molar-refractivity contribution is -0.146. The third-order valence-electron chi connectivity index (χ3n) is 4.71. The molecule has 0 aliphatic carbocycles. The zero-order valence-corrected chi connectivity index (χ0v) is 14.2. The van der Waals surface area contributed by atoms with Gasteiger partial charge in [0, 0.05) is 25.6 Å². The first-order valence-electron chi connectivity index (χ1n) is 8.67. The highest BCUT2D eigenvalue weighted by molar-refractivity contribution is 6.04. The van der Waals surface area contributed by atoms with Crippen LogP contribution in [0.5, 0.6) is 0 Å². The monoisotopic (exact) mass is 345 g/mol. The van der Waals surface area contributed by atoms with Gasteiger partial charge in [0.15, 0.2) is 6.10 Å². The van der Waals surface area contributed by atoms with Crippen LogP contribution in [-0.2, 0) is 14.3 Å². The Hall–Kier alpha value is -2.41. The van der Waals surface area contributed by atoms with Crippen LogP contribution in [0.3, 0.4) is 0 Å². The Morgan fingerprint density at radius 2 is 2.08 bits per heavy atom. The fourth-order valence-corrected chi connectivity index (χ4v) is 3.52. The first-order chi connectivity index (χ1) is 12.1. The SMILES string of the molecule is CCO[C@H](C(=O)N1CCC[C@H]([C@@H]2NC(=O)NC2=O)C1)c1ccccc1. The first kappa shape index (κ1) is 17.4. The van der Waals surface area contributed by atoms with E-state index in [1.54, 1.807) is 4.90 Å². The summed E-state index contributed by atoms with van der Waals surface area (Å²) in [4.78, 5) is 38.0. The normalized spacial score (nSPS) is 24.6. The molecule has 4 amide bonds. The standard InChI is InChI=1S/C18H23N3O4/c1-2-25-15(12-7-4-3-5-8-12)17(23)21-10-6-9-13(11-21)14-16(22)20-18(24)19-14/h3-5,7-8,13-15H,2,6,9-11H2,1H3,(H2,19,20,22,24)/t13-,14-,15-/m0/s1. The highest BCUT2D eigenvalue weighted by Gasteiger charge is 2.40. The second-order valence-corrected chi connectivity index (χ2v) is 6.37. The van der Waals surface area contributed by atoms with Crippen LogP contribution in [0.25, 0.3) is 0 Å². The van der Waals surface area contributed by atoms with Gasteiger partial charge in [0.2, 0.25) is 0 Å². The van der Waals surface area contributed by atoms with E-state index in [2.05, 4.69) is 10.6 Å². The van der Waals surface area contributed by atoms with Crippen molar-refractivity contribution >= 4 is 17.8 Å². The van der Waals surface area contributed by atoms with Crippen LogP contribution in [0.1, 0.15) is 31.4 Å². The van der Waals surface area contributed by atoms with Crippen molar-refractivity contribution in [2.75, 3.05) is 19.7 Å². The summed E-state index contributed by atoms with van der Waals surface area (Å²) in [6.07, 6.45) is 0.952. The van der Waals surface area contributed by atoms with Gasteiger partial charge in [-0.25, -0.2) is 4.79 Å².